The Morgan fingerprint density at radius 1 is 1.38 bits per heavy atom. The molecule has 0 saturated carbocycles. The minimum atomic E-state index is -0.277. The van der Waals surface area contributed by atoms with E-state index in [9.17, 15) is 14.0 Å². The molecule has 0 spiro atoms. The van der Waals surface area contributed by atoms with E-state index in [1.54, 1.807) is 11.0 Å². The van der Waals surface area contributed by atoms with Gasteiger partial charge >= 0.3 is 0 Å². The highest BCUT2D eigenvalue weighted by Gasteiger charge is 2.22. The van der Waals surface area contributed by atoms with Crippen molar-refractivity contribution >= 4 is 12.2 Å². The molecule has 0 fully saturated rings. The first-order valence-corrected chi connectivity index (χ1v) is 5.19. The average Bonchev–Trinajstić information content (AvgIpc) is 2.68. The highest BCUT2D eigenvalue weighted by Crippen LogP contribution is 2.23. The summed E-state index contributed by atoms with van der Waals surface area (Å²) in [6.45, 7) is 0.970. The number of fused-ring (bicyclic) bond motifs is 1. The number of nitrogens with zero attached hydrogens (tertiary/aromatic N) is 1. The lowest BCUT2D eigenvalue weighted by Crippen LogP contribution is -2.24. The Kier molecular flexibility index (Phi) is 2.99. The molecular formula is C12H12FNO2. The summed E-state index contributed by atoms with van der Waals surface area (Å²) in [5.41, 5.74) is 1.85. The molecular weight excluding hydrogens is 209 g/mol. The summed E-state index contributed by atoms with van der Waals surface area (Å²) in [6.07, 6.45) is 1.22. The quantitative estimate of drug-likeness (QED) is 0.728. The Hall–Kier alpha value is -1.71. The Morgan fingerprint density at radius 3 is 2.88 bits per heavy atom. The summed E-state index contributed by atoms with van der Waals surface area (Å²) in [5, 5.41) is 0. The van der Waals surface area contributed by atoms with Crippen molar-refractivity contribution in [3.8, 4) is 0 Å². The summed E-state index contributed by atoms with van der Waals surface area (Å²) < 4.78 is 12.9. The van der Waals surface area contributed by atoms with Gasteiger partial charge in [-0.1, -0.05) is 6.07 Å². The molecule has 4 heteroatoms. The zero-order valence-corrected chi connectivity index (χ0v) is 8.78. The van der Waals surface area contributed by atoms with Crippen LogP contribution in [0.3, 0.4) is 0 Å². The van der Waals surface area contributed by atoms with Gasteiger partial charge < -0.3 is 9.69 Å². The molecule has 0 bridgehead atoms. The maximum Gasteiger partial charge on any atom is 0.223 e. The molecule has 16 heavy (non-hydrogen) atoms. The topological polar surface area (TPSA) is 37.4 Å². The highest BCUT2D eigenvalue weighted by molar-refractivity contribution is 5.79. The van der Waals surface area contributed by atoms with Crippen molar-refractivity contribution in [3.05, 3.63) is 35.1 Å². The number of aldehydes is 1. The van der Waals surface area contributed by atoms with Gasteiger partial charge in [0.05, 0.1) is 0 Å². The van der Waals surface area contributed by atoms with Crippen LogP contribution < -0.4 is 0 Å². The van der Waals surface area contributed by atoms with Crippen LogP contribution in [0.1, 0.15) is 24.0 Å². The Balaban J connectivity index is 2.05. The summed E-state index contributed by atoms with van der Waals surface area (Å²) in [4.78, 5) is 23.4. The summed E-state index contributed by atoms with van der Waals surface area (Å²) in [6, 6.07) is 4.57. The highest BCUT2D eigenvalue weighted by atomic mass is 19.1. The lowest BCUT2D eigenvalue weighted by atomic mass is 10.1. The molecule has 0 saturated heterocycles. The van der Waals surface area contributed by atoms with Crippen LogP contribution in [-0.2, 0) is 22.7 Å². The number of amides is 1. The smallest absolute Gasteiger partial charge is 0.223 e. The summed E-state index contributed by atoms with van der Waals surface area (Å²) in [5.74, 6) is -0.329. The number of hydrogen-bond donors (Lipinski definition) is 0. The molecule has 1 heterocycles. The van der Waals surface area contributed by atoms with Crippen LogP contribution in [0.4, 0.5) is 4.39 Å². The van der Waals surface area contributed by atoms with E-state index in [2.05, 4.69) is 0 Å². The number of carbonyl (C=O) groups excluding carboxylic acids is 2. The van der Waals surface area contributed by atoms with Crippen LogP contribution in [0.2, 0.25) is 0 Å². The van der Waals surface area contributed by atoms with Crippen molar-refractivity contribution in [2.45, 2.75) is 25.9 Å². The minimum Gasteiger partial charge on any atom is -0.334 e. The third-order valence-electron chi connectivity index (χ3n) is 2.72. The molecule has 0 N–H and O–H groups in total. The van der Waals surface area contributed by atoms with Crippen molar-refractivity contribution in [3.63, 3.8) is 0 Å². The molecule has 1 aromatic rings. The van der Waals surface area contributed by atoms with Gasteiger partial charge in [-0.3, -0.25) is 4.79 Å². The van der Waals surface area contributed by atoms with Gasteiger partial charge in [0.15, 0.2) is 0 Å². The molecule has 1 aromatic carbocycles. The van der Waals surface area contributed by atoms with Crippen LogP contribution in [0.25, 0.3) is 0 Å². The Bertz CT molecular complexity index is 431. The predicted octanol–water partition coefficient (Wildman–Crippen LogP) is 1.65. The van der Waals surface area contributed by atoms with Crippen molar-refractivity contribution in [2.24, 2.45) is 0 Å². The number of carbonyl (C=O) groups is 2. The molecule has 3 nitrogen and oxygen atoms in total. The lowest BCUT2D eigenvalue weighted by molar-refractivity contribution is -0.132. The SMILES string of the molecule is O=CCCC(=O)N1Cc2ccc(F)cc2C1. The molecule has 0 aliphatic carbocycles. The second-order valence-corrected chi connectivity index (χ2v) is 3.87. The fourth-order valence-corrected chi connectivity index (χ4v) is 1.88. The zero-order chi connectivity index (χ0) is 11.5. The molecule has 1 amide bonds. The van der Waals surface area contributed by atoms with Crippen LogP contribution in [0.5, 0.6) is 0 Å². The second-order valence-electron chi connectivity index (χ2n) is 3.87. The van der Waals surface area contributed by atoms with E-state index in [1.807, 2.05) is 0 Å². The largest absolute Gasteiger partial charge is 0.334 e. The van der Waals surface area contributed by atoms with Gasteiger partial charge in [0, 0.05) is 25.9 Å². The molecule has 0 unspecified atom stereocenters. The zero-order valence-electron chi connectivity index (χ0n) is 8.78. The van der Waals surface area contributed by atoms with Crippen molar-refractivity contribution in [1.29, 1.82) is 0 Å². The summed E-state index contributed by atoms with van der Waals surface area (Å²) in [7, 11) is 0. The molecule has 84 valence electrons. The van der Waals surface area contributed by atoms with Crippen LogP contribution in [-0.4, -0.2) is 17.1 Å². The number of halogens is 1. The first-order chi connectivity index (χ1) is 7.70. The number of hydrogen-bond acceptors (Lipinski definition) is 2. The van der Waals surface area contributed by atoms with E-state index in [1.165, 1.54) is 12.1 Å². The summed E-state index contributed by atoms with van der Waals surface area (Å²) >= 11 is 0. The van der Waals surface area contributed by atoms with E-state index in [0.717, 1.165) is 17.4 Å². The lowest BCUT2D eigenvalue weighted by Gasteiger charge is -2.14. The number of benzene rings is 1. The van der Waals surface area contributed by atoms with Gasteiger partial charge in [0.25, 0.3) is 0 Å². The van der Waals surface area contributed by atoms with Gasteiger partial charge in [-0.25, -0.2) is 4.39 Å². The standard InChI is InChI=1S/C12H12FNO2/c13-11-4-3-9-7-14(8-10(9)6-11)12(16)2-1-5-15/h3-6H,1-2,7-8H2. The third kappa shape index (κ3) is 2.10. The first kappa shape index (κ1) is 10.8. The fraction of sp³-hybridized carbons (Fsp3) is 0.333. The first-order valence-electron chi connectivity index (χ1n) is 5.19. The van der Waals surface area contributed by atoms with E-state index in [-0.39, 0.29) is 24.6 Å². The van der Waals surface area contributed by atoms with E-state index < -0.39 is 0 Å². The third-order valence-corrected chi connectivity index (χ3v) is 2.72. The van der Waals surface area contributed by atoms with Gasteiger partial charge in [0.2, 0.25) is 5.91 Å². The fourth-order valence-electron chi connectivity index (χ4n) is 1.88. The predicted molar refractivity (Wildman–Crippen MR) is 56.0 cm³/mol. The maximum absolute atomic E-state index is 12.9. The van der Waals surface area contributed by atoms with Crippen LogP contribution >= 0.6 is 0 Å². The van der Waals surface area contributed by atoms with Crippen molar-refractivity contribution < 1.29 is 14.0 Å². The minimum absolute atomic E-state index is 0.0521. The van der Waals surface area contributed by atoms with Crippen LogP contribution in [0, 0.1) is 5.82 Å². The van der Waals surface area contributed by atoms with Gasteiger partial charge in [0.1, 0.15) is 12.1 Å². The Labute approximate surface area is 92.9 Å². The number of rotatable bonds is 3. The Morgan fingerprint density at radius 2 is 2.12 bits per heavy atom. The monoisotopic (exact) mass is 221 g/mol. The average molecular weight is 221 g/mol. The second kappa shape index (κ2) is 4.43. The van der Waals surface area contributed by atoms with E-state index >= 15 is 0 Å². The van der Waals surface area contributed by atoms with Crippen molar-refractivity contribution in [1.82, 2.24) is 4.90 Å². The van der Waals surface area contributed by atoms with Gasteiger partial charge in [-0.15, -0.1) is 0 Å². The molecule has 1 aliphatic rings. The molecule has 0 radical (unpaired) electrons. The van der Waals surface area contributed by atoms with Gasteiger partial charge in [-0.05, 0) is 23.3 Å². The van der Waals surface area contributed by atoms with Crippen molar-refractivity contribution in [2.75, 3.05) is 0 Å². The van der Waals surface area contributed by atoms with Gasteiger partial charge in [-0.2, -0.15) is 0 Å². The molecule has 0 aromatic heterocycles. The van der Waals surface area contributed by atoms with E-state index in [4.69, 9.17) is 0 Å². The van der Waals surface area contributed by atoms with Crippen LogP contribution in [0.15, 0.2) is 18.2 Å². The molecule has 0 atom stereocenters. The molecule has 2 rings (SSSR count). The maximum atomic E-state index is 12.9. The van der Waals surface area contributed by atoms with E-state index in [0.29, 0.717) is 13.1 Å². The normalized spacial score (nSPS) is 13.7. The molecule has 1 aliphatic heterocycles.